The van der Waals surface area contributed by atoms with Gasteiger partial charge in [-0.1, -0.05) is 13.0 Å². The van der Waals surface area contributed by atoms with Gasteiger partial charge in [-0.25, -0.2) is 0 Å². The maximum absolute atomic E-state index is 10.6. The van der Waals surface area contributed by atoms with Gasteiger partial charge in [0.1, 0.15) is 5.75 Å². The second-order valence-corrected chi connectivity index (χ2v) is 8.47. The molecule has 1 aromatic carbocycles. The van der Waals surface area contributed by atoms with Crippen molar-refractivity contribution in [1.82, 2.24) is 0 Å². The molecule has 0 aliphatic heterocycles. The number of hydrogen-bond donors (Lipinski definition) is 1. The minimum atomic E-state index is -0.0514. The van der Waals surface area contributed by atoms with Crippen LogP contribution in [-0.2, 0) is 6.42 Å². The van der Waals surface area contributed by atoms with Crippen molar-refractivity contribution in [3.63, 3.8) is 0 Å². The summed E-state index contributed by atoms with van der Waals surface area (Å²) in [6.45, 7) is 2.39. The molecule has 1 unspecified atom stereocenters. The fourth-order valence-corrected chi connectivity index (χ4v) is 6.90. The number of methoxy groups -OCH3 is 1. The van der Waals surface area contributed by atoms with Crippen molar-refractivity contribution in [2.75, 3.05) is 7.11 Å². The normalized spacial score (nSPS) is 48.0. The van der Waals surface area contributed by atoms with E-state index in [2.05, 4.69) is 25.1 Å². The van der Waals surface area contributed by atoms with Crippen molar-refractivity contribution in [1.29, 1.82) is 0 Å². The van der Waals surface area contributed by atoms with Crippen LogP contribution in [0.4, 0.5) is 0 Å². The third-order valence-corrected chi connectivity index (χ3v) is 8.06. The molecule has 4 aliphatic rings. The Morgan fingerprint density at radius 3 is 2.95 bits per heavy atom. The van der Waals surface area contributed by atoms with E-state index in [4.69, 9.17) is 4.74 Å². The summed E-state index contributed by atoms with van der Waals surface area (Å²) >= 11 is 0. The second-order valence-electron chi connectivity index (χ2n) is 8.47. The zero-order valence-electron chi connectivity index (χ0n) is 13.6. The van der Waals surface area contributed by atoms with E-state index in [1.54, 1.807) is 12.7 Å². The molecule has 2 heteroatoms. The van der Waals surface area contributed by atoms with Crippen LogP contribution in [0.5, 0.6) is 5.75 Å². The average Bonchev–Trinajstić information content (AvgIpc) is 3.19. The monoisotopic (exact) mass is 298 g/mol. The smallest absolute Gasteiger partial charge is 0.119 e. The number of aliphatic hydroxyl groups excluding tert-OH is 1. The van der Waals surface area contributed by atoms with Crippen LogP contribution in [0.25, 0.3) is 0 Å². The molecule has 3 saturated carbocycles. The first-order chi connectivity index (χ1) is 10.6. The minimum absolute atomic E-state index is 0.0514. The quantitative estimate of drug-likeness (QED) is 0.851. The summed E-state index contributed by atoms with van der Waals surface area (Å²) < 4.78 is 5.41. The van der Waals surface area contributed by atoms with Crippen molar-refractivity contribution < 1.29 is 9.84 Å². The molecule has 0 aromatic heterocycles. The predicted octanol–water partition coefficient (Wildman–Crippen LogP) is 3.91. The van der Waals surface area contributed by atoms with E-state index in [9.17, 15) is 5.11 Å². The fourth-order valence-electron chi connectivity index (χ4n) is 6.90. The zero-order chi connectivity index (χ0) is 15.1. The van der Waals surface area contributed by atoms with Crippen LogP contribution < -0.4 is 4.74 Å². The lowest BCUT2D eigenvalue weighted by Crippen LogP contribution is -2.47. The van der Waals surface area contributed by atoms with Gasteiger partial charge in [0.2, 0.25) is 0 Å². The SMILES string of the molecule is COc1ccc2c(c1)CC[C@@H]1[C@@H]2CC[C@]2(C)[C@@H](O)CC3C[C@]312. The van der Waals surface area contributed by atoms with Crippen molar-refractivity contribution in [3.8, 4) is 5.75 Å². The number of rotatable bonds is 1. The highest BCUT2D eigenvalue weighted by atomic mass is 16.5. The van der Waals surface area contributed by atoms with Gasteiger partial charge in [-0.15, -0.1) is 0 Å². The molecule has 6 atom stereocenters. The van der Waals surface area contributed by atoms with Crippen LogP contribution in [0, 0.1) is 22.7 Å². The van der Waals surface area contributed by atoms with Gasteiger partial charge >= 0.3 is 0 Å². The van der Waals surface area contributed by atoms with Crippen molar-refractivity contribution >= 4 is 0 Å². The van der Waals surface area contributed by atoms with Gasteiger partial charge in [-0.05, 0) is 90.4 Å². The highest BCUT2D eigenvalue weighted by molar-refractivity contribution is 5.42. The second kappa shape index (κ2) is 4.08. The molecule has 1 N–H and O–H groups in total. The third-order valence-electron chi connectivity index (χ3n) is 8.06. The first kappa shape index (κ1) is 13.4. The molecule has 0 radical (unpaired) electrons. The van der Waals surface area contributed by atoms with Crippen molar-refractivity contribution in [2.45, 2.75) is 57.5 Å². The number of ether oxygens (including phenoxy) is 1. The molecule has 1 spiro atoms. The molecule has 1 aromatic rings. The highest BCUT2D eigenvalue weighted by Gasteiger charge is 2.76. The summed E-state index contributed by atoms with van der Waals surface area (Å²) in [7, 11) is 1.76. The largest absolute Gasteiger partial charge is 0.497 e. The maximum atomic E-state index is 10.6. The van der Waals surface area contributed by atoms with Crippen LogP contribution in [0.3, 0.4) is 0 Å². The van der Waals surface area contributed by atoms with Gasteiger partial charge < -0.3 is 9.84 Å². The summed E-state index contributed by atoms with van der Waals surface area (Å²) in [5.74, 6) is 3.32. The Morgan fingerprint density at radius 1 is 1.27 bits per heavy atom. The average molecular weight is 298 g/mol. The summed E-state index contributed by atoms with van der Waals surface area (Å²) in [6, 6.07) is 6.72. The van der Waals surface area contributed by atoms with E-state index in [0.29, 0.717) is 5.41 Å². The van der Waals surface area contributed by atoms with Crippen LogP contribution >= 0.6 is 0 Å². The number of fused-ring (bicyclic) bond motifs is 3. The molecule has 0 saturated heterocycles. The van der Waals surface area contributed by atoms with Gasteiger partial charge in [0.05, 0.1) is 13.2 Å². The highest BCUT2D eigenvalue weighted by Crippen LogP contribution is 2.81. The van der Waals surface area contributed by atoms with Crippen molar-refractivity contribution in [2.24, 2.45) is 22.7 Å². The van der Waals surface area contributed by atoms with E-state index in [0.717, 1.165) is 29.9 Å². The molecule has 118 valence electrons. The van der Waals surface area contributed by atoms with Gasteiger partial charge in [0.15, 0.2) is 0 Å². The Kier molecular flexibility index (Phi) is 2.49. The van der Waals surface area contributed by atoms with Gasteiger partial charge in [0.25, 0.3) is 0 Å². The standard InChI is InChI=1S/C20H26O2/c1-19-8-7-16-15-5-4-14(22-2)9-12(15)3-6-17(16)20(19)11-13(20)10-18(19)21/h4-5,9,13,16-18,21H,3,6-8,10-11H2,1-2H3/t13?,16-,17-,18+,19-,20+/m1/s1. The number of hydrogen-bond acceptors (Lipinski definition) is 2. The van der Waals surface area contributed by atoms with Gasteiger partial charge in [-0.3, -0.25) is 0 Å². The molecule has 22 heavy (non-hydrogen) atoms. The predicted molar refractivity (Wildman–Crippen MR) is 86.1 cm³/mol. The number of benzene rings is 1. The summed E-state index contributed by atoms with van der Waals surface area (Å²) in [4.78, 5) is 0. The lowest BCUT2D eigenvalue weighted by atomic mass is 9.52. The molecule has 0 bridgehead atoms. The first-order valence-corrected chi connectivity index (χ1v) is 8.95. The molecule has 2 nitrogen and oxygen atoms in total. The van der Waals surface area contributed by atoms with Crippen LogP contribution in [0.1, 0.15) is 56.1 Å². The first-order valence-electron chi connectivity index (χ1n) is 8.95. The zero-order valence-corrected chi connectivity index (χ0v) is 13.6. The molecule has 3 fully saturated rings. The van der Waals surface area contributed by atoms with Crippen LogP contribution in [0.2, 0.25) is 0 Å². The topological polar surface area (TPSA) is 29.5 Å². The number of aryl methyl sites for hydroxylation is 1. The summed E-state index contributed by atoms with van der Waals surface area (Å²) in [6.07, 6.45) is 7.36. The van der Waals surface area contributed by atoms with E-state index >= 15 is 0 Å². The number of aliphatic hydroxyl groups is 1. The van der Waals surface area contributed by atoms with Crippen LogP contribution in [-0.4, -0.2) is 18.3 Å². The summed E-state index contributed by atoms with van der Waals surface area (Å²) in [5.41, 5.74) is 3.76. The molecule has 4 aliphatic carbocycles. The molecule has 0 heterocycles. The van der Waals surface area contributed by atoms with Crippen molar-refractivity contribution in [3.05, 3.63) is 29.3 Å². The Labute approximate surface area is 132 Å². The summed E-state index contributed by atoms with van der Waals surface area (Å²) in [5, 5.41) is 10.6. The lowest BCUT2D eigenvalue weighted by Gasteiger charge is -2.52. The molecule has 5 rings (SSSR count). The van der Waals surface area contributed by atoms with Gasteiger partial charge in [0, 0.05) is 0 Å². The third kappa shape index (κ3) is 1.37. The van der Waals surface area contributed by atoms with E-state index in [1.165, 1.54) is 37.7 Å². The lowest BCUT2D eigenvalue weighted by molar-refractivity contribution is -0.0558. The Balaban J connectivity index is 1.56. The molecule has 0 amide bonds. The van der Waals surface area contributed by atoms with E-state index in [1.807, 2.05) is 0 Å². The fraction of sp³-hybridized carbons (Fsp3) is 0.700. The Morgan fingerprint density at radius 2 is 2.14 bits per heavy atom. The van der Waals surface area contributed by atoms with E-state index in [-0.39, 0.29) is 11.5 Å². The van der Waals surface area contributed by atoms with E-state index < -0.39 is 0 Å². The van der Waals surface area contributed by atoms with Gasteiger partial charge in [-0.2, -0.15) is 0 Å². The van der Waals surface area contributed by atoms with Crippen LogP contribution in [0.15, 0.2) is 18.2 Å². The molecular formula is C20H26O2. The Bertz CT molecular complexity index is 639. The molecular weight excluding hydrogens is 272 g/mol. The Hall–Kier alpha value is -1.02. The maximum Gasteiger partial charge on any atom is 0.119 e. The minimum Gasteiger partial charge on any atom is -0.497 e.